The molecule has 1 unspecified atom stereocenters. The maximum Gasteiger partial charge on any atom is 0.264 e. The largest absolute Gasteiger partial charge is 0.497 e. The van der Waals surface area contributed by atoms with E-state index in [9.17, 15) is 13.2 Å². The molecule has 192 valence electrons. The Morgan fingerprint density at radius 2 is 1.56 bits per heavy atom. The minimum absolute atomic E-state index is 0.0259. The van der Waals surface area contributed by atoms with E-state index >= 15 is 0 Å². The molecule has 0 aromatic heterocycles. The Labute approximate surface area is 216 Å². The zero-order valence-electron chi connectivity index (χ0n) is 20.5. The summed E-state index contributed by atoms with van der Waals surface area (Å²) in [4.78, 5) is 13.2. The summed E-state index contributed by atoms with van der Waals surface area (Å²) in [7, 11) is 0.504. The van der Waals surface area contributed by atoms with Crippen LogP contribution in [0, 0.1) is 0 Å². The zero-order chi connectivity index (χ0) is 26.3. The number of halogens is 1. The number of benzene rings is 3. The molecule has 0 aliphatic carbocycles. The van der Waals surface area contributed by atoms with Gasteiger partial charge in [0.25, 0.3) is 10.0 Å². The molecule has 0 saturated heterocycles. The highest BCUT2D eigenvalue weighted by atomic mass is 35.5. The molecule has 0 aliphatic rings. The van der Waals surface area contributed by atoms with Crippen LogP contribution in [-0.4, -0.2) is 42.2 Å². The number of hydrogen-bond donors (Lipinski definition) is 1. The fourth-order valence-corrected chi connectivity index (χ4v) is 5.21. The topological polar surface area (TPSA) is 94.2 Å². The molecule has 1 N–H and O–H groups in total. The molecule has 0 bridgehead atoms. The van der Waals surface area contributed by atoms with Gasteiger partial charge in [-0.05, 0) is 72.6 Å². The lowest BCUT2D eigenvalue weighted by Crippen LogP contribution is -2.42. The van der Waals surface area contributed by atoms with E-state index in [-0.39, 0.29) is 10.9 Å². The lowest BCUT2D eigenvalue weighted by molar-refractivity contribution is -0.120. The highest BCUT2D eigenvalue weighted by molar-refractivity contribution is 7.92. The van der Waals surface area contributed by atoms with Crippen LogP contribution in [0.15, 0.2) is 71.6 Å². The van der Waals surface area contributed by atoms with E-state index < -0.39 is 22.5 Å². The Morgan fingerprint density at radius 3 is 2.11 bits per heavy atom. The van der Waals surface area contributed by atoms with Gasteiger partial charge in [0.2, 0.25) is 5.91 Å². The van der Waals surface area contributed by atoms with E-state index in [1.54, 1.807) is 55.6 Å². The molecule has 0 saturated carbocycles. The summed E-state index contributed by atoms with van der Waals surface area (Å²) in [6.07, 6.45) is 0.577. The molecule has 1 amide bonds. The summed E-state index contributed by atoms with van der Waals surface area (Å²) in [5, 5.41) is 3.39. The van der Waals surface area contributed by atoms with Gasteiger partial charge in [-0.15, -0.1) is 0 Å². The second kappa shape index (κ2) is 12.0. The Bertz CT molecular complexity index is 1280. The smallest absolute Gasteiger partial charge is 0.264 e. The Balaban J connectivity index is 1.90. The number of carbonyl (C=O) groups excluding carboxylic acids is 1. The predicted octanol–water partition coefficient (Wildman–Crippen LogP) is 4.83. The third-order valence-electron chi connectivity index (χ3n) is 5.60. The molecular formula is C26H29ClN2O6S. The number of sulfonamides is 1. The minimum Gasteiger partial charge on any atom is -0.497 e. The lowest BCUT2D eigenvalue weighted by Gasteiger charge is -2.26. The van der Waals surface area contributed by atoms with Crippen LogP contribution in [0.25, 0.3) is 0 Å². The summed E-state index contributed by atoms with van der Waals surface area (Å²) < 4.78 is 44.0. The zero-order valence-corrected chi connectivity index (χ0v) is 22.1. The van der Waals surface area contributed by atoms with E-state index in [1.807, 2.05) is 13.0 Å². The number of nitrogens with zero attached hydrogens (tertiary/aromatic N) is 1. The molecule has 0 spiro atoms. The predicted molar refractivity (Wildman–Crippen MR) is 140 cm³/mol. The summed E-state index contributed by atoms with van der Waals surface area (Å²) in [5.74, 6) is 1.16. The number of methoxy groups -OCH3 is 3. The second-order valence-electron chi connectivity index (χ2n) is 7.81. The molecular weight excluding hydrogens is 504 g/mol. The Kier molecular flexibility index (Phi) is 9.06. The Hall–Kier alpha value is -3.43. The molecule has 0 heterocycles. The molecule has 3 aromatic rings. The quantitative estimate of drug-likeness (QED) is 0.380. The number of nitrogens with one attached hydrogen (secondary N) is 1. The van der Waals surface area contributed by atoms with Gasteiger partial charge >= 0.3 is 0 Å². The van der Waals surface area contributed by atoms with Crippen molar-refractivity contribution in [2.24, 2.45) is 0 Å². The number of carbonyl (C=O) groups is 1. The standard InChI is InChI=1S/C26H29ClN2O6S/c1-5-23(18-6-15-24(34-3)25(16-18)35-4)28-26(30)17-29(20-9-7-19(27)8-10-20)36(31,32)22-13-11-21(33-2)12-14-22/h6-16,23H,5,17H2,1-4H3,(H,28,30). The molecule has 0 aliphatic heterocycles. The third kappa shape index (κ3) is 6.22. The van der Waals surface area contributed by atoms with Gasteiger partial charge in [0.15, 0.2) is 11.5 Å². The number of rotatable bonds is 11. The van der Waals surface area contributed by atoms with Crippen LogP contribution in [0.2, 0.25) is 5.02 Å². The maximum atomic E-state index is 13.6. The molecule has 3 aromatic carbocycles. The number of amides is 1. The van der Waals surface area contributed by atoms with Gasteiger partial charge in [-0.25, -0.2) is 8.42 Å². The van der Waals surface area contributed by atoms with Gasteiger partial charge in [-0.3, -0.25) is 9.10 Å². The van der Waals surface area contributed by atoms with Gasteiger partial charge in [-0.2, -0.15) is 0 Å². The van der Waals surface area contributed by atoms with E-state index in [0.717, 1.165) is 9.87 Å². The van der Waals surface area contributed by atoms with Gasteiger partial charge in [0.05, 0.1) is 38.0 Å². The molecule has 3 rings (SSSR count). The average Bonchev–Trinajstić information content (AvgIpc) is 2.90. The first kappa shape index (κ1) is 27.2. The van der Waals surface area contributed by atoms with Gasteiger partial charge in [0, 0.05) is 5.02 Å². The molecule has 0 radical (unpaired) electrons. The number of ether oxygens (including phenoxy) is 3. The van der Waals surface area contributed by atoms with Crippen molar-refractivity contribution in [3.05, 3.63) is 77.3 Å². The van der Waals surface area contributed by atoms with Crippen LogP contribution >= 0.6 is 11.6 Å². The highest BCUT2D eigenvalue weighted by Gasteiger charge is 2.28. The van der Waals surface area contributed by atoms with Crippen molar-refractivity contribution in [2.75, 3.05) is 32.2 Å². The minimum atomic E-state index is -4.08. The van der Waals surface area contributed by atoms with Crippen molar-refractivity contribution >= 4 is 33.2 Å². The number of anilines is 1. The van der Waals surface area contributed by atoms with Crippen LogP contribution < -0.4 is 23.8 Å². The molecule has 36 heavy (non-hydrogen) atoms. The summed E-state index contributed by atoms with van der Waals surface area (Å²) >= 11 is 6.01. The average molecular weight is 533 g/mol. The Morgan fingerprint density at radius 1 is 0.917 bits per heavy atom. The van der Waals surface area contributed by atoms with E-state index in [1.165, 1.54) is 26.4 Å². The van der Waals surface area contributed by atoms with Crippen LogP contribution in [0.4, 0.5) is 5.69 Å². The SMILES string of the molecule is CCC(NC(=O)CN(c1ccc(Cl)cc1)S(=O)(=O)c1ccc(OC)cc1)c1ccc(OC)c(OC)c1. The first-order chi connectivity index (χ1) is 17.2. The van der Waals surface area contributed by atoms with Crippen molar-refractivity contribution in [3.8, 4) is 17.2 Å². The van der Waals surface area contributed by atoms with Gasteiger partial charge in [-0.1, -0.05) is 24.6 Å². The van der Waals surface area contributed by atoms with Crippen molar-refractivity contribution in [3.63, 3.8) is 0 Å². The normalized spacial score (nSPS) is 11.9. The van der Waals surface area contributed by atoms with E-state index in [0.29, 0.717) is 34.4 Å². The van der Waals surface area contributed by atoms with Crippen LogP contribution in [0.3, 0.4) is 0 Å². The van der Waals surface area contributed by atoms with E-state index in [4.69, 9.17) is 25.8 Å². The molecule has 0 fully saturated rings. The van der Waals surface area contributed by atoms with Crippen LogP contribution in [0.5, 0.6) is 17.2 Å². The molecule has 8 nitrogen and oxygen atoms in total. The number of hydrogen-bond acceptors (Lipinski definition) is 6. The summed E-state index contributed by atoms with van der Waals surface area (Å²) in [5.41, 5.74) is 1.11. The monoisotopic (exact) mass is 532 g/mol. The highest BCUT2D eigenvalue weighted by Crippen LogP contribution is 2.31. The fraction of sp³-hybridized carbons (Fsp3) is 0.269. The van der Waals surface area contributed by atoms with Crippen molar-refractivity contribution in [1.82, 2.24) is 5.32 Å². The van der Waals surface area contributed by atoms with Crippen molar-refractivity contribution < 1.29 is 27.4 Å². The lowest BCUT2D eigenvalue weighted by atomic mass is 10.0. The van der Waals surface area contributed by atoms with Crippen LogP contribution in [0.1, 0.15) is 24.9 Å². The van der Waals surface area contributed by atoms with Gasteiger partial charge < -0.3 is 19.5 Å². The summed E-state index contributed by atoms with van der Waals surface area (Å²) in [6, 6.07) is 17.3. The maximum absolute atomic E-state index is 13.6. The molecule has 1 atom stereocenters. The second-order valence-corrected chi connectivity index (χ2v) is 10.1. The molecule has 10 heteroatoms. The first-order valence-corrected chi connectivity index (χ1v) is 13.0. The van der Waals surface area contributed by atoms with Crippen molar-refractivity contribution in [1.29, 1.82) is 0 Å². The van der Waals surface area contributed by atoms with Gasteiger partial charge in [0.1, 0.15) is 12.3 Å². The third-order valence-corrected chi connectivity index (χ3v) is 7.64. The van der Waals surface area contributed by atoms with Crippen molar-refractivity contribution in [2.45, 2.75) is 24.3 Å². The fourth-order valence-electron chi connectivity index (χ4n) is 3.66. The van der Waals surface area contributed by atoms with E-state index in [2.05, 4.69) is 5.32 Å². The first-order valence-electron chi connectivity index (χ1n) is 11.2. The summed E-state index contributed by atoms with van der Waals surface area (Å²) in [6.45, 7) is 1.49. The van der Waals surface area contributed by atoms with Crippen LogP contribution in [-0.2, 0) is 14.8 Å².